The monoisotopic (exact) mass is 229 g/mol. The minimum absolute atomic E-state index is 0.544. The van der Waals surface area contributed by atoms with E-state index < -0.39 is 0 Å². The zero-order valence-electron chi connectivity index (χ0n) is 10.3. The second kappa shape index (κ2) is 4.06. The van der Waals surface area contributed by atoms with Gasteiger partial charge in [-0.05, 0) is 36.8 Å². The Morgan fingerprint density at radius 2 is 2.29 bits per heavy atom. The molecule has 3 rings (SSSR count). The van der Waals surface area contributed by atoms with Crippen LogP contribution in [0.5, 0.6) is 0 Å². The summed E-state index contributed by atoms with van der Waals surface area (Å²) in [7, 11) is 0. The van der Waals surface area contributed by atoms with Crippen molar-refractivity contribution in [2.45, 2.75) is 32.6 Å². The molecule has 0 saturated heterocycles. The van der Waals surface area contributed by atoms with Gasteiger partial charge in [-0.3, -0.25) is 4.40 Å². The van der Waals surface area contributed by atoms with Crippen molar-refractivity contribution < 1.29 is 0 Å². The van der Waals surface area contributed by atoms with Crippen LogP contribution in [0.2, 0.25) is 0 Å². The standard InChI is InChI=1S/C14H19N3/c1-2-14(7-4-8-14)11-16-13-6-3-5-12-15-9-10-17(12)13/h3,5-6,9-10,16H,2,4,7-8,11H2,1H3. The highest BCUT2D eigenvalue weighted by atomic mass is 15.1. The second-order valence-corrected chi connectivity index (χ2v) is 5.13. The van der Waals surface area contributed by atoms with E-state index in [2.05, 4.69) is 33.8 Å². The SMILES string of the molecule is CCC1(CNc2cccc3nccn23)CCC1. The average Bonchev–Trinajstić information content (AvgIpc) is 2.77. The van der Waals surface area contributed by atoms with E-state index in [-0.39, 0.29) is 0 Å². The summed E-state index contributed by atoms with van der Waals surface area (Å²) in [6, 6.07) is 6.21. The van der Waals surface area contributed by atoms with Gasteiger partial charge in [-0.25, -0.2) is 4.98 Å². The predicted octanol–water partition coefficient (Wildman–Crippen LogP) is 3.33. The zero-order chi connectivity index (χ0) is 11.7. The Morgan fingerprint density at radius 1 is 1.41 bits per heavy atom. The largest absolute Gasteiger partial charge is 0.371 e. The molecule has 3 nitrogen and oxygen atoms in total. The minimum atomic E-state index is 0.544. The summed E-state index contributed by atoms with van der Waals surface area (Å²) < 4.78 is 2.11. The van der Waals surface area contributed by atoms with Gasteiger partial charge in [0.05, 0.1) is 0 Å². The fourth-order valence-electron chi connectivity index (χ4n) is 2.70. The zero-order valence-corrected chi connectivity index (χ0v) is 10.3. The molecule has 0 spiro atoms. The molecular formula is C14H19N3. The van der Waals surface area contributed by atoms with Crippen LogP contribution in [0.3, 0.4) is 0 Å². The molecule has 1 N–H and O–H groups in total. The molecule has 0 atom stereocenters. The maximum atomic E-state index is 4.30. The predicted molar refractivity (Wildman–Crippen MR) is 70.3 cm³/mol. The molecule has 0 aliphatic heterocycles. The summed E-state index contributed by atoms with van der Waals surface area (Å²) in [4.78, 5) is 4.30. The van der Waals surface area contributed by atoms with Crippen LogP contribution in [-0.2, 0) is 0 Å². The smallest absolute Gasteiger partial charge is 0.138 e. The number of pyridine rings is 1. The van der Waals surface area contributed by atoms with Gasteiger partial charge in [0.25, 0.3) is 0 Å². The number of nitrogens with zero attached hydrogens (tertiary/aromatic N) is 2. The number of hydrogen-bond acceptors (Lipinski definition) is 2. The molecular weight excluding hydrogens is 210 g/mol. The first kappa shape index (κ1) is 10.6. The lowest BCUT2D eigenvalue weighted by Crippen LogP contribution is -2.36. The Balaban J connectivity index is 1.78. The van der Waals surface area contributed by atoms with Gasteiger partial charge in [0, 0.05) is 18.9 Å². The first-order chi connectivity index (χ1) is 8.33. The number of rotatable bonds is 4. The van der Waals surface area contributed by atoms with E-state index in [1.165, 1.54) is 25.7 Å². The van der Waals surface area contributed by atoms with Gasteiger partial charge in [-0.1, -0.05) is 19.4 Å². The molecule has 0 unspecified atom stereocenters. The van der Waals surface area contributed by atoms with Crippen molar-refractivity contribution in [2.24, 2.45) is 5.41 Å². The van der Waals surface area contributed by atoms with Crippen molar-refractivity contribution in [1.29, 1.82) is 0 Å². The van der Waals surface area contributed by atoms with Crippen molar-refractivity contribution in [2.75, 3.05) is 11.9 Å². The molecule has 2 heterocycles. The third-order valence-electron chi connectivity index (χ3n) is 4.24. The van der Waals surface area contributed by atoms with E-state index in [9.17, 15) is 0 Å². The second-order valence-electron chi connectivity index (χ2n) is 5.13. The third-order valence-corrected chi connectivity index (χ3v) is 4.24. The molecule has 0 radical (unpaired) electrons. The molecule has 3 heteroatoms. The van der Waals surface area contributed by atoms with Crippen LogP contribution in [0.1, 0.15) is 32.6 Å². The van der Waals surface area contributed by atoms with E-state index in [1.54, 1.807) is 0 Å². The van der Waals surface area contributed by atoms with Crippen molar-refractivity contribution >= 4 is 11.5 Å². The summed E-state index contributed by atoms with van der Waals surface area (Å²) in [5.41, 5.74) is 1.55. The molecule has 90 valence electrons. The summed E-state index contributed by atoms with van der Waals surface area (Å²) >= 11 is 0. The molecule has 1 fully saturated rings. The lowest BCUT2D eigenvalue weighted by molar-refractivity contribution is 0.145. The number of aromatic nitrogens is 2. The lowest BCUT2D eigenvalue weighted by atomic mass is 9.67. The third kappa shape index (κ3) is 1.79. The van der Waals surface area contributed by atoms with Gasteiger partial charge >= 0.3 is 0 Å². The molecule has 0 bridgehead atoms. The number of nitrogens with one attached hydrogen (secondary N) is 1. The van der Waals surface area contributed by atoms with Crippen LogP contribution in [0, 0.1) is 5.41 Å². The normalized spacial score (nSPS) is 17.9. The molecule has 0 amide bonds. The molecule has 2 aromatic heterocycles. The minimum Gasteiger partial charge on any atom is -0.371 e. The van der Waals surface area contributed by atoms with Gasteiger partial charge in [-0.2, -0.15) is 0 Å². The Labute approximate surface area is 102 Å². The number of fused-ring (bicyclic) bond motifs is 1. The van der Waals surface area contributed by atoms with Crippen LogP contribution in [0.15, 0.2) is 30.6 Å². The highest BCUT2D eigenvalue weighted by Crippen LogP contribution is 2.43. The molecule has 17 heavy (non-hydrogen) atoms. The molecule has 1 aliphatic rings. The van der Waals surface area contributed by atoms with Crippen LogP contribution in [0.4, 0.5) is 5.82 Å². The van der Waals surface area contributed by atoms with Crippen molar-refractivity contribution in [3.05, 3.63) is 30.6 Å². The van der Waals surface area contributed by atoms with Gasteiger partial charge in [-0.15, -0.1) is 0 Å². The van der Waals surface area contributed by atoms with Crippen LogP contribution >= 0.6 is 0 Å². The Bertz CT molecular complexity index is 505. The van der Waals surface area contributed by atoms with Gasteiger partial charge < -0.3 is 5.32 Å². The lowest BCUT2D eigenvalue weighted by Gasteiger charge is -2.41. The van der Waals surface area contributed by atoms with Crippen molar-refractivity contribution in [1.82, 2.24) is 9.38 Å². The van der Waals surface area contributed by atoms with Gasteiger partial charge in [0.1, 0.15) is 11.5 Å². The Morgan fingerprint density at radius 3 is 3.00 bits per heavy atom. The molecule has 0 aromatic carbocycles. The van der Waals surface area contributed by atoms with Crippen LogP contribution in [0.25, 0.3) is 5.65 Å². The van der Waals surface area contributed by atoms with E-state index in [0.29, 0.717) is 5.41 Å². The fraction of sp³-hybridized carbons (Fsp3) is 0.500. The summed E-state index contributed by atoms with van der Waals surface area (Å²) in [6.45, 7) is 3.39. The maximum absolute atomic E-state index is 4.30. The number of anilines is 1. The Kier molecular flexibility index (Phi) is 2.54. The topological polar surface area (TPSA) is 29.3 Å². The summed E-state index contributed by atoms with van der Waals surface area (Å²) in [5.74, 6) is 1.15. The molecule has 1 aliphatic carbocycles. The molecule has 2 aromatic rings. The molecule has 1 saturated carbocycles. The average molecular weight is 229 g/mol. The van der Waals surface area contributed by atoms with Crippen molar-refractivity contribution in [3.63, 3.8) is 0 Å². The highest BCUT2D eigenvalue weighted by molar-refractivity contribution is 5.49. The quantitative estimate of drug-likeness (QED) is 0.871. The van der Waals surface area contributed by atoms with Gasteiger partial charge in [0.15, 0.2) is 0 Å². The van der Waals surface area contributed by atoms with Gasteiger partial charge in [0.2, 0.25) is 0 Å². The summed E-state index contributed by atoms with van der Waals surface area (Å²) in [5, 5.41) is 3.59. The van der Waals surface area contributed by atoms with Crippen LogP contribution in [-0.4, -0.2) is 15.9 Å². The highest BCUT2D eigenvalue weighted by Gasteiger charge is 2.34. The van der Waals surface area contributed by atoms with E-state index in [1.807, 2.05) is 18.5 Å². The van der Waals surface area contributed by atoms with Crippen LogP contribution < -0.4 is 5.32 Å². The maximum Gasteiger partial charge on any atom is 0.138 e. The number of imidazole rings is 1. The van der Waals surface area contributed by atoms with E-state index in [0.717, 1.165) is 18.0 Å². The number of hydrogen-bond donors (Lipinski definition) is 1. The van der Waals surface area contributed by atoms with Crippen molar-refractivity contribution in [3.8, 4) is 0 Å². The van der Waals surface area contributed by atoms with E-state index >= 15 is 0 Å². The summed E-state index contributed by atoms with van der Waals surface area (Å²) in [6.07, 6.45) is 9.27. The fourth-order valence-corrected chi connectivity index (χ4v) is 2.70. The Hall–Kier alpha value is -1.51. The first-order valence-electron chi connectivity index (χ1n) is 6.49. The first-order valence-corrected chi connectivity index (χ1v) is 6.49. The van der Waals surface area contributed by atoms with E-state index in [4.69, 9.17) is 0 Å².